The van der Waals surface area contributed by atoms with Crippen molar-refractivity contribution in [1.29, 1.82) is 0 Å². The van der Waals surface area contributed by atoms with E-state index in [4.69, 9.17) is 0 Å². The normalized spacial score (nSPS) is 16.1. The van der Waals surface area contributed by atoms with Gasteiger partial charge in [-0.25, -0.2) is 8.42 Å². The van der Waals surface area contributed by atoms with Crippen LogP contribution in [0, 0.1) is 5.92 Å². The van der Waals surface area contributed by atoms with Crippen molar-refractivity contribution in [2.75, 3.05) is 13.1 Å². The molecular weight excluding hydrogens is 388 g/mol. The molecule has 2 aromatic rings. The molecule has 1 fully saturated rings. The van der Waals surface area contributed by atoms with E-state index in [1.165, 1.54) is 20.7 Å². The Kier molecular flexibility index (Phi) is 6.74. The van der Waals surface area contributed by atoms with Gasteiger partial charge in [-0.2, -0.15) is 9.40 Å². The number of carbonyl (C=O) groups is 1. The first kappa shape index (κ1) is 21.5. The van der Waals surface area contributed by atoms with Crippen LogP contribution in [0.25, 0.3) is 0 Å². The van der Waals surface area contributed by atoms with Crippen LogP contribution >= 0.6 is 0 Å². The highest BCUT2D eigenvalue weighted by molar-refractivity contribution is 7.89. The van der Waals surface area contributed by atoms with Gasteiger partial charge in [-0.1, -0.05) is 38.1 Å². The van der Waals surface area contributed by atoms with Gasteiger partial charge in [-0.05, 0) is 43.2 Å². The van der Waals surface area contributed by atoms with E-state index in [-0.39, 0.29) is 10.6 Å². The second-order valence-corrected chi connectivity index (χ2v) is 9.50. The van der Waals surface area contributed by atoms with Crippen molar-refractivity contribution in [1.82, 2.24) is 19.4 Å². The largest absolute Gasteiger partial charge is 0.348 e. The molecule has 158 valence electrons. The number of hydrogen-bond acceptors (Lipinski definition) is 4. The minimum absolute atomic E-state index is 0.107. The van der Waals surface area contributed by atoms with Crippen LogP contribution in [0.4, 0.5) is 0 Å². The highest BCUT2D eigenvalue weighted by Gasteiger charge is 2.34. The Morgan fingerprint density at radius 1 is 1.14 bits per heavy atom. The minimum atomic E-state index is -3.80. The maximum atomic E-state index is 13.2. The van der Waals surface area contributed by atoms with Gasteiger partial charge in [0.05, 0.1) is 5.56 Å². The molecule has 2 heterocycles. The maximum Gasteiger partial charge on any atom is 0.263 e. The minimum Gasteiger partial charge on any atom is -0.348 e. The van der Waals surface area contributed by atoms with Crippen LogP contribution < -0.4 is 5.32 Å². The van der Waals surface area contributed by atoms with Gasteiger partial charge in [0.15, 0.2) is 0 Å². The van der Waals surface area contributed by atoms with Gasteiger partial charge in [0, 0.05) is 32.4 Å². The number of aromatic nitrogens is 2. The second kappa shape index (κ2) is 9.09. The molecule has 1 aliphatic heterocycles. The third-order valence-corrected chi connectivity index (χ3v) is 7.34. The first-order valence-corrected chi connectivity index (χ1v) is 11.7. The zero-order valence-electron chi connectivity index (χ0n) is 17.4. The highest BCUT2D eigenvalue weighted by Crippen LogP contribution is 2.25. The second-order valence-electron chi connectivity index (χ2n) is 7.64. The molecule has 0 radical (unpaired) electrons. The van der Waals surface area contributed by atoms with E-state index in [9.17, 15) is 13.2 Å². The summed E-state index contributed by atoms with van der Waals surface area (Å²) in [6, 6.07) is 8.01. The molecule has 0 atom stereocenters. The molecule has 1 aliphatic rings. The predicted octanol–water partition coefficient (Wildman–Crippen LogP) is 2.82. The van der Waals surface area contributed by atoms with Crippen molar-refractivity contribution >= 4 is 15.9 Å². The molecule has 0 aliphatic carbocycles. The maximum absolute atomic E-state index is 13.2. The monoisotopic (exact) mass is 418 g/mol. The number of aryl methyl sites for hydroxylation is 2. The van der Waals surface area contributed by atoms with Crippen LogP contribution in [-0.4, -0.2) is 41.5 Å². The number of benzene rings is 1. The van der Waals surface area contributed by atoms with Crippen molar-refractivity contribution < 1.29 is 13.2 Å². The Labute approximate surface area is 173 Å². The summed E-state index contributed by atoms with van der Waals surface area (Å²) < 4.78 is 29.3. The Balaban J connectivity index is 1.79. The number of rotatable bonds is 7. The molecule has 1 amide bonds. The lowest BCUT2D eigenvalue weighted by Crippen LogP contribution is -2.39. The van der Waals surface area contributed by atoms with Gasteiger partial charge in [0.25, 0.3) is 15.9 Å². The SMILES string of the molecule is CCc1ccc(CNC(=O)c2cn(CC)nc2S(=O)(=O)N2CCC(C)CC2)cc1. The van der Waals surface area contributed by atoms with Crippen LogP contribution in [0.3, 0.4) is 0 Å². The quantitative estimate of drug-likeness (QED) is 0.749. The van der Waals surface area contributed by atoms with Gasteiger partial charge < -0.3 is 5.32 Å². The third kappa shape index (κ3) is 4.87. The summed E-state index contributed by atoms with van der Waals surface area (Å²) in [5.74, 6) is 0.0877. The van der Waals surface area contributed by atoms with E-state index in [1.807, 2.05) is 31.2 Å². The standard InChI is InChI=1S/C21H30N4O3S/c1-4-17-6-8-18(9-7-17)14-22-20(26)19-15-24(5-2)23-21(19)29(27,28)25-12-10-16(3)11-13-25/h6-9,15-16H,4-5,10-14H2,1-3H3,(H,22,26). The lowest BCUT2D eigenvalue weighted by Gasteiger charge is -2.28. The summed E-state index contributed by atoms with van der Waals surface area (Å²) in [6.07, 6.45) is 4.13. The van der Waals surface area contributed by atoms with Crippen molar-refractivity contribution in [2.45, 2.75) is 58.1 Å². The zero-order valence-corrected chi connectivity index (χ0v) is 18.2. The third-order valence-electron chi connectivity index (χ3n) is 5.51. The number of piperidine rings is 1. The van der Waals surface area contributed by atoms with E-state index < -0.39 is 15.9 Å². The lowest BCUT2D eigenvalue weighted by molar-refractivity contribution is 0.0947. The van der Waals surface area contributed by atoms with Crippen molar-refractivity contribution in [2.24, 2.45) is 5.92 Å². The number of nitrogens with one attached hydrogen (secondary N) is 1. The topological polar surface area (TPSA) is 84.3 Å². The smallest absolute Gasteiger partial charge is 0.263 e. The average Bonchev–Trinajstić information content (AvgIpc) is 3.18. The molecule has 0 spiro atoms. The van der Waals surface area contributed by atoms with E-state index in [0.717, 1.165) is 24.8 Å². The van der Waals surface area contributed by atoms with E-state index >= 15 is 0 Å². The van der Waals surface area contributed by atoms with Crippen LogP contribution in [0.1, 0.15) is 55.1 Å². The Hall–Kier alpha value is -2.19. The highest BCUT2D eigenvalue weighted by atomic mass is 32.2. The fourth-order valence-electron chi connectivity index (χ4n) is 3.43. The molecule has 0 unspecified atom stereocenters. The number of nitrogens with zero attached hydrogens (tertiary/aromatic N) is 3. The fourth-order valence-corrected chi connectivity index (χ4v) is 5.00. The summed E-state index contributed by atoms with van der Waals surface area (Å²) in [6.45, 7) is 7.84. The first-order valence-electron chi connectivity index (χ1n) is 10.3. The molecule has 0 bridgehead atoms. The number of carbonyl (C=O) groups excluding carboxylic acids is 1. The summed E-state index contributed by atoms with van der Waals surface area (Å²) in [5, 5.41) is 6.91. The molecule has 8 heteroatoms. The summed E-state index contributed by atoms with van der Waals surface area (Å²) >= 11 is 0. The van der Waals surface area contributed by atoms with Crippen molar-refractivity contribution in [3.05, 3.63) is 47.2 Å². The Bertz CT molecular complexity index is 943. The van der Waals surface area contributed by atoms with E-state index in [1.54, 1.807) is 0 Å². The first-order chi connectivity index (χ1) is 13.8. The fraction of sp³-hybridized carbons (Fsp3) is 0.524. The molecule has 1 aromatic heterocycles. The molecule has 1 saturated heterocycles. The van der Waals surface area contributed by atoms with Crippen LogP contribution in [-0.2, 0) is 29.5 Å². The summed E-state index contributed by atoms with van der Waals surface area (Å²) in [7, 11) is -3.80. The van der Waals surface area contributed by atoms with E-state index in [2.05, 4.69) is 24.3 Å². The van der Waals surface area contributed by atoms with Crippen LogP contribution in [0.5, 0.6) is 0 Å². The molecule has 1 N–H and O–H groups in total. The number of amides is 1. The molecule has 0 saturated carbocycles. The summed E-state index contributed by atoms with van der Waals surface area (Å²) in [5.41, 5.74) is 2.30. The van der Waals surface area contributed by atoms with Gasteiger partial charge in [-0.3, -0.25) is 9.48 Å². The zero-order chi connectivity index (χ0) is 21.0. The van der Waals surface area contributed by atoms with Crippen molar-refractivity contribution in [3.8, 4) is 0 Å². The van der Waals surface area contributed by atoms with Gasteiger partial charge in [0.1, 0.15) is 0 Å². The average molecular weight is 419 g/mol. The number of hydrogen-bond donors (Lipinski definition) is 1. The van der Waals surface area contributed by atoms with Crippen LogP contribution in [0.15, 0.2) is 35.5 Å². The number of sulfonamides is 1. The molecule has 3 rings (SSSR count). The van der Waals surface area contributed by atoms with Crippen LogP contribution in [0.2, 0.25) is 0 Å². The lowest BCUT2D eigenvalue weighted by atomic mass is 10.0. The summed E-state index contributed by atoms with van der Waals surface area (Å²) in [4.78, 5) is 12.8. The molecule has 7 nitrogen and oxygen atoms in total. The predicted molar refractivity (Wildman–Crippen MR) is 112 cm³/mol. The Morgan fingerprint density at radius 2 is 1.76 bits per heavy atom. The molecular formula is C21H30N4O3S. The van der Waals surface area contributed by atoms with Gasteiger partial charge in [-0.15, -0.1) is 0 Å². The Morgan fingerprint density at radius 3 is 2.34 bits per heavy atom. The van der Waals surface area contributed by atoms with E-state index in [0.29, 0.717) is 32.1 Å². The van der Waals surface area contributed by atoms with Gasteiger partial charge >= 0.3 is 0 Å². The molecule has 1 aromatic carbocycles. The van der Waals surface area contributed by atoms with Crippen molar-refractivity contribution in [3.63, 3.8) is 0 Å². The van der Waals surface area contributed by atoms with Gasteiger partial charge in [0.2, 0.25) is 5.03 Å². The molecule has 29 heavy (non-hydrogen) atoms.